The summed E-state index contributed by atoms with van der Waals surface area (Å²) in [6.45, 7) is 5.00. The number of benzene rings is 1. The van der Waals surface area contributed by atoms with Gasteiger partial charge in [-0.05, 0) is 50.8 Å². The summed E-state index contributed by atoms with van der Waals surface area (Å²) in [4.78, 5) is 24.8. The number of rotatable bonds is 3. The Hall–Kier alpha value is -1.95. The van der Waals surface area contributed by atoms with E-state index in [1.54, 1.807) is 13.0 Å². The Bertz CT molecular complexity index is 559. The fourth-order valence-corrected chi connectivity index (χ4v) is 2.81. The number of nitrogens with zero attached hydrogens (tertiary/aromatic N) is 2. The summed E-state index contributed by atoms with van der Waals surface area (Å²) in [5, 5.41) is 10.8. The van der Waals surface area contributed by atoms with Gasteiger partial charge in [-0.25, -0.2) is 0 Å². The van der Waals surface area contributed by atoms with Crippen LogP contribution in [0.2, 0.25) is 0 Å². The third-order valence-corrected chi connectivity index (χ3v) is 4.23. The Morgan fingerprint density at radius 3 is 2.76 bits per heavy atom. The van der Waals surface area contributed by atoms with Crippen LogP contribution in [0.25, 0.3) is 0 Å². The van der Waals surface area contributed by atoms with E-state index in [1.165, 1.54) is 12.1 Å². The lowest BCUT2D eigenvalue weighted by Crippen LogP contribution is -2.47. The summed E-state index contributed by atoms with van der Waals surface area (Å²) in [6, 6.07) is 4.56. The van der Waals surface area contributed by atoms with Crippen LogP contribution >= 0.6 is 0 Å². The fraction of sp³-hybridized carbons (Fsp3) is 0.533. The van der Waals surface area contributed by atoms with E-state index in [0.29, 0.717) is 30.1 Å². The zero-order valence-electron chi connectivity index (χ0n) is 12.4. The zero-order valence-corrected chi connectivity index (χ0v) is 12.4. The van der Waals surface area contributed by atoms with Gasteiger partial charge in [-0.15, -0.1) is 0 Å². The van der Waals surface area contributed by atoms with Gasteiger partial charge in [-0.2, -0.15) is 0 Å². The van der Waals surface area contributed by atoms with Gasteiger partial charge in [0.05, 0.1) is 4.92 Å². The molecule has 0 saturated carbocycles. The number of nitrogens with two attached hydrogens (primary N) is 1. The third kappa shape index (κ3) is 3.21. The molecular weight excluding hydrogens is 270 g/mol. The maximum atomic E-state index is 12.7. The minimum absolute atomic E-state index is 0.00979. The molecule has 1 fully saturated rings. The Balaban J connectivity index is 2.24. The maximum absolute atomic E-state index is 12.7. The van der Waals surface area contributed by atoms with Crippen LogP contribution in [0, 0.1) is 23.0 Å². The highest BCUT2D eigenvalue weighted by molar-refractivity contribution is 5.96. The van der Waals surface area contributed by atoms with Crippen molar-refractivity contribution in [2.24, 2.45) is 11.7 Å². The van der Waals surface area contributed by atoms with Crippen LogP contribution in [0.3, 0.4) is 0 Å². The van der Waals surface area contributed by atoms with Crippen molar-refractivity contribution in [3.8, 4) is 0 Å². The van der Waals surface area contributed by atoms with E-state index in [0.717, 1.165) is 12.8 Å². The highest BCUT2D eigenvalue weighted by Crippen LogP contribution is 2.25. The Morgan fingerprint density at radius 2 is 2.19 bits per heavy atom. The van der Waals surface area contributed by atoms with Crippen LogP contribution < -0.4 is 5.73 Å². The summed E-state index contributed by atoms with van der Waals surface area (Å²) < 4.78 is 0. The second kappa shape index (κ2) is 6.22. The molecular formula is C15H21N3O3. The van der Waals surface area contributed by atoms with Crippen molar-refractivity contribution < 1.29 is 9.72 Å². The molecule has 114 valence electrons. The van der Waals surface area contributed by atoms with Gasteiger partial charge in [0.2, 0.25) is 0 Å². The van der Waals surface area contributed by atoms with Gasteiger partial charge in [-0.3, -0.25) is 14.9 Å². The summed E-state index contributed by atoms with van der Waals surface area (Å²) in [7, 11) is 0. The van der Waals surface area contributed by atoms with Crippen molar-refractivity contribution >= 4 is 11.6 Å². The van der Waals surface area contributed by atoms with Gasteiger partial charge in [-0.1, -0.05) is 0 Å². The average molecular weight is 291 g/mol. The predicted molar refractivity (Wildman–Crippen MR) is 80.1 cm³/mol. The van der Waals surface area contributed by atoms with Gasteiger partial charge in [0.1, 0.15) is 0 Å². The molecule has 2 rings (SSSR count). The normalized spacial score (nSPS) is 22.1. The van der Waals surface area contributed by atoms with Crippen molar-refractivity contribution in [3.63, 3.8) is 0 Å². The number of piperidine rings is 1. The molecule has 1 aliphatic heterocycles. The highest BCUT2D eigenvalue weighted by atomic mass is 16.6. The smallest absolute Gasteiger partial charge is 0.269 e. The minimum atomic E-state index is -0.449. The second-order valence-electron chi connectivity index (χ2n) is 5.74. The molecule has 21 heavy (non-hydrogen) atoms. The van der Waals surface area contributed by atoms with Crippen LogP contribution in [0.15, 0.2) is 18.2 Å². The molecule has 0 aliphatic carbocycles. The molecule has 1 saturated heterocycles. The van der Waals surface area contributed by atoms with Crippen molar-refractivity contribution in [2.45, 2.75) is 32.7 Å². The molecule has 1 heterocycles. The quantitative estimate of drug-likeness (QED) is 0.682. The number of carbonyl (C=O) groups is 1. The minimum Gasteiger partial charge on any atom is -0.336 e. The number of hydrogen-bond acceptors (Lipinski definition) is 4. The number of aryl methyl sites for hydroxylation is 1. The third-order valence-electron chi connectivity index (χ3n) is 4.23. The van der Waals surface area contributed by atoms with Gasteiger partial charge in [0.25, 0.3) is 11.6 Å². The molecule has 0 spiro atoms. The average Bonchev–Trinajstić information content (AvgIpc) is 2.47. The molecule has 1 aromatic rings. The lowest BCUT2D eigenvalue weighted by molar-refractivity contribution is -0.384. The van der Waals surface area contributed by atoms with E-state index >= 15 is 0 Å². The largest absolute Gasteiger partial charge is 0.336 e. The molecule has 6 nitrogen and oxygen atoms in total. The lowest BCUT2D eigenvalue weighted by atomic mass is 9.92. The Labute approximate surface area is 124 Å². The van der Waals surface area contributed by atoms with Crippen LogP contribution in [-0.4, -0.2) is 34.9 Å². The fourth-order valence-electron chi connectivity index (χ4n) is 2.81. The molecule has 1 amide bonds. The van der Waals surface area contributed by atoms with Gasteiger partial charge in [0, 0.05) is 30.3 Å². The monoisotopic (exact) mass is 291 g/mol. The molecule has 0 bridgehead atoms. The molecule has 2 atom stereocenters. The first kappa shape index (κ1) is 15.4. The number of carbonyl (C=O) groups excluding carboxylic acids is 1. The van der Waals surface area contributed by atoms with Gasteiger partial charge < -0.3 is 10.6 Å². The second-order valence-corrected chi connectivity index (χ2v) is 5.74. The van der Waals surface area contributed by atoms with E-state index in [9.17, 15) is 14.9 Å². The van der Waals surface area contributed by atoms with Crippen molar-refractivity contribution in [1.82, 2.24) is 4.90 Å². The summed E-state index contributed by atoms with van der Waals surface area (Å²) in [6.07, 6.45) is 1.99. The lowest BCUT2D eigenvalue weighted by Gasteiger charge is -2.38. The first-order chi connectivity index (χ1) is 9.93. The van der Waals surface area contributed by atoms with Gasteiger partial charge in [0.15, 0.2) is 0 Å². The number of nitro benzene ring substituents is 1. The summed E-state index contributed by atoms with van der Waals surface area (Å²) in [5.41, 5.74) is 6.90. The first-order valence-corrected chi connectivity index (χ1v) is 7.20. The van der Waals surface area contributed by atoms with E-state index in [4.69, 9.17) is 5.73 Å². The molecule has 0 aromatic heterocycles. The van der Waals surface area contributed by atoms with Crippen LogP contribution in [-0.2, 0) is 0 Å². The van der Waals surface area contributed by atoms with Crippen LogP contribution in [0.4, 0.5) is 5.69 Å². The van der Waals surface area contributed by atoms with E-state index < -0.39 is 4.92 Å². The molecule has 2 N–H and O–H groups in total. The van der Waals surface area contributed by atoms with E-state index in [1.807, 2.05) is 11.8 Å². The standard InChI is InChI=1S/C15H21N3O3/c1-10-7-13(18(20)21)5-6-14(10)15(19)17-9-12(8-16)4-3-11(17)2/h5-7,11-12H,3-4,8-9,16H2,1-2H3. The number of nitro groups is 1. The van der Waals surface area contributed by atoms with Crippen LogP contribution in [0.1, 0.15) is 35.7 Å². The number of likely N-dealkylation sites (tertiary alicyclic amines) is 1. The molecule has 1 aromatic carbocycles. The highest BCUT2D eigenvalue weighted by Gasteiger charge is 2.29. The van der Waals surface area contributed by atoms with Crippen LogP contribution in [0.5, 0.6) is 0 Å². The molecule has 1 aliphatic rings. The zero-order chi connectivity index (χ0) is 15.6. The summed E-state index contributed by atoms with van der Waals surface area (Å²) >= 11 is 0. The van der Waals surface area contributed by atoms with Crippen molar-refractivity contribution in [1.29, 1.82) is 0 Å². The maximum Gasteiger partial charge on any atom is 0.269 e. The number of amides is 1. The molecule has 2 unspecified atom stereocenters. The predicted octanol–water partition coefficient (Wildman–Crippen LogP) is 2.10. The summed E-state index contributed by atoms with van der Waals surface area (Å²) in [5.74, 6) is 0.275. The Morgan fingerprint density at radius 1 is 1.48 bits per heavy atom. The topological polar surface area (TPSA) is 89.5 Å². The Kier molecular flexibility index (Phi) is 4.57. The number of hydrogen-bond donors (Lipinski definition) is 1. The van der Waals surface area contributed by atoms with Crippen molar-refractivity contribution in [3.05, 3.63) is 39.4 Å². The van der Waals surface area contributed by atoms with E-state index in [2.05, 4.69) is 0 Å². The van der Waals surface area contributed by atoms with Gasteiger partial charge >= 0.3 is 0 Å². The van der Waals surface area contributed by atoms with Crippen molar-refractivity contribution in [2.75, 3.05) is 13.1 Å². The SMILES string of the molecule is Cc1cc([N+](=O)[O-])ccc1C(=O)N1CC(CN)CCC1C. The van der Waals surface area contributed by atoms with E-state index in [-0.39, 0.29) is 17.6 Å². The first-order valence-electron chi connectivity index (χ1n) is 7.20. The molecule has 0 radical (unpaired) electrons. The molecule has 6 heteroatoms. The number of non-ortho nitro benzene ring substituents is 1.